The minimum atomic E-state index is -1.10. The molecule has 0 aromatic carbocycles. The Hall–Kier alpha value is -2.01. The van der Waals surface area contributed by atoms with Gasteiger partial charge in [0.1, 0.15) is 24.9 Å². The SMILES string of the molecule is CC1(NCC(=O)N2C[C@@H](F)C[C@H]2C#N)CCC(Cn2cncn2)C1(C)C. The average Bonchev–Trinajstić information content (AvgIpc) is 3.29. The second-order valence-electron chi connectivity index (χ2n) is 8.28. The van der Waals surface area contributed by atoms with Gasteiger partial charge in [0.2, 0.25) is 5.91 Å². The zero-order chi connectivity index (χ0) is 18.9. The van der Waals surface area contributed by atoms with E-state index < -0.39 is 12.2 Å². The summed E-state index contributed by atoms with van der Waals surface area (Å²) in [7, 11) is 0. The number of carbonyl (C=O) groups is 1. The Balaban J connectivity index is 1.62. The summed E-state index contributed by atoms with van der Waals surface area (Å²) in [5.74, 6) is 0.208. The summed E-state index contributed by atoms with van der Waals surface area (Å²) >= 11 is 0. The Morgan fingerprint density at radius 3 is 2.88 bits per heavy atom. The number of hydrogen-bond acceptors (Lipinski definition) is 5. The number of carbonyl (C=O) groups excluding carboxylic acids is 1. The molecule has 2 aliphatic rings. The van der Waals surface area contributed by atoms with Crippen molar-refractivity contribution in [2.24, 2.45) is 11.3 Å². The lowest BCUT2D eigenvalue weighted by atomic mass is 9.71. The van der Waals surface area contributed by atoms with Gasteiger partial charge < -0.3 is 10.2 Å². The third-order valence-corrected chi connectivity index (χ3v) is 6.66. The summed E-state index contributed by atoms with van der Waals surface area (Å²) in [5.41, 5.74) is -0.271. The standard InChI is InChI=1S/C18H27FN6O/c1-17(2)13(9-24-12-21-11-23-24)4-5-18(17,3)22-8-16(26)25-10-14(19)6-15(25)7-20/h11-15,22H,4-6,8-10H2,1-3H3/t13?,14-,15-,18?/m0/s1. The van der Waals surface area contributed by atoms with Crippen LogP contribution in [0.3, 0.4) is 0 Å². The van der Waals surface area contributed by atoms with Crippen LogP contribution >= 0.6 is 0 Å². The molecular weight excluding hydrogens is 335 g/mol. The molecule has 0 bridgehead atoms. The summed E-state index contributed by atoms with van der Waals surface area (Å²) in [5, 5.41) is 16.8. The van der Waals surface area contributed by atoms with Gasteiger partial charge in [-0.05, 0) is 31.1 Å². The quantitative estimate of drug-likeness (QED) is 0.858. The lowest BCUT2D eigenvalue weighted by Gasteiger charge is -2.42. The maximum absolute atomic E-state index is 13.6. The average molecular weight is 362 g/mol. The number of nitriles is 1. The van der Waals surface area contributed by atoms with E-state index in [2.05, 4.69) is 36.2 Å². The van der Waals surface area contributed by atoms with Crippen LogP contribution in [0.1, 0.15) is 40.0 Å². The number of halogens is 1. The molecular formula is C18H27FN6O. The van der Waals surface area contributed by atoms with Crippen molar-refractivity contribution < 1.29 is 9.18 Å². The van der Waals surface area contributed by atoms with E-state index in [4.69, 9.17) is 5.26 Å². The lowest BCUT2D eigenvalue weighted by molar-refractivity contribution is -0.131. The Labute approximate surface area is 153 Å². The number of amides is 1. The molecule has 3 rings (SSSR count). The molecule has 2 heterocycles. The molecule has 1 saturated carbocycles. The molecule has 1 aromatic heterocycles. The molecule has 0 radical (unpaired) electrons. The predicted octanol–water partition coefficient (Wildman–Crippen LogP) is 1.53. The van der Waals surface area contributed by atoms with Gasteiger partial charge in [0.05, 0.1) is 19.2 Å². The van der Waals surface area contributed by atoms with E-state index in [0.29, 0.717) is 5.92 Å². The first-order chi connectivity index (χ1) is 12.3. The van der Waals surface area contributed by atoms with Crippen LogP contribution in [0.5, 0.6) is 0 Å². The molecule has 26 heavy (non-hydrogen) atoms. The van der Waals surface area contributed by atoms with E-state index in [9.17, 15) is 9.18 Å². The fraction of sp³-hybridized carbons (Fsp3) is 0.778. The van der Waals surface area contributed by atoms with Crippen LogP contribution < -0.4 is 5.32 Å². The Morgan fingerprint density at radius 2 is 2.23 bits per heavy atom. The molecule has 1 saturated heterocycles. The molecule has 1 aliphatic carbocycles. The first-order valence-electron chi connectivity index (χ1n) is 9.17. The van der Waals surface area contributed by atoms with Gasteiger partial charge >= 0.3 is 0 Å². The molecule has 4 atom stereocenters. The van der Waals surface area contributed by atoms with Crippen molar-refractivity contribution >= 4 is 5.91 Å². The first-order valence-corrected chi connectivity index (χ1v) is 9.17. The monoisotopic (exact) mass is 362 g/mol. The number of rotatable bonds is 5. The second-order valence-corrected chi connectivity index (χ2v) is 8.28. The molecule has 1 N–H and O–H groups in total. The highest BCUT2D eigenvalue weighted by Crippen LogP contribution is 2.50. The topological polar surface area (TPSA) is 86.8 Å². The lowest BCUT2D eigenvalue weighted by Crippen LogP contribution is -2.55. The molecule has 2 fully saturated rings. The van der Waals surface area contributed by atoms with Gasteiger partial charge in [-0.2, -0.15) is 10.4 Å². The molecule has 0 spiro atoms. The molecule has 142 valence electrons. The number of alkyl halides is 1. The van der Waals surface area contributed by atoms with Crippen molar-refractivity contribution in [3.63, 3.8) is 0 Å². The largest absolute Gasteiger partial charge is 0.323 e. The van der Waals surface area contributed by atoms with Gasteiger partial charge in [0.15, 0.2) is 0 Å². The van der Waals surface area contributed by atoms with E-state index in [0.717, 1.165) is 19.4 Å². The van der Waals surface area contributed by atoms with Crippen LogP contribution in [-0.4, -0.2) is 56.4 Å². The molecule has 1 aromatic rings. The molecule has 1 amide bonds. The normalized spacial score (nSPS) is 33.3. The van der Waals surface area contributed by atoms with Crippen LogP contribution in [-0.2, 0) is 11.3 Å². The fourth-order valence-electron chi connectivity index (χ4n) is 4.34. The summed E-state index contributed by atoms with van der Waals surface area (Å²) < 4.78 is 15.4. The Kier molecular flexibility index (Phi) is 5.02. The minimum absolute atomic E-state index is 0.0216. The Morgan fingerprint density at radius 1 is 1.46 bits per heavy atom. The van der Waals surface area contributed by atoms with Crippen LogP contribution in [0, 0.1) is 22.7 Å². The van der Waals surface area contributed by atoms with Crippen molar-refractivity contribution in [2.75, 3.05) is 13.1 Å². The number of likely N-dealkylation sites (tertiary alicyclic amines) is 1. The van der Waals surface area contributed by atoms with Crippen LogP contribution in [0.2, 0.25) is 0 Å². The van der Waals surface area contributed by atoms with Gasteiger partial charge in [-0.25, -0.2) is 9.37 Å². The summed E-state index contributed by atoms with van der Waals surface area (Å²) in [4.78, 5) is 17.9. The summed E-state index contributed by atoms with van der Waals surface area (Å²) in [6, 6.07) is 1.38. The number of nitrogens with one attached hydrogen (secondary N) is 1. The zero-order valence-electron chi connectivity index (χ0n) is 15.7. The van der Waals surface area contributed by atoms with Crippen molar-refractivity contribution in [2.45, 2.75) is 64.3 Å². The fourth-order valence-corrected chi connectivity index (χ4v) is 4.34. The highest BCUT2D eigenvalue weighted by molar-refractivity contribution is 5.79. The van der Waals surface area contributed by atoms with Crippen LogP contribution in [0.4, 0.5) is 4.39 Å². The van der Waals surface area contributed by atoms with E-state index in [1.807, 2.05) is 10.8 Å². The highest BCUT2D eigenvalue weighted by Gasteiger charge is 2.51. The van der Waals surface area contributed by atoms with E-state index in [-0.39, 0.29) is 36.4 Å². The van der Waals surface area contributed by atoms with Gasteiger partial charge in [-0.15, -0.1) is 0 Å². The maximum Gasteiger partial charge on any atom is 0.237 e. The highest BCUT2D eigenvalue weighted by atomic mass is 19.1. The van der Waals surface area contributed by atoms with Gasteiger partial charge in [-0.1, -0.05) is 13.8 Å². The zero-order valence-corrected chi connectivity index (χ0v) is 15.7. The number of hydrogen-bond donors (Lipinski definition) is 1. The molecule has 1 aliphatic heterocycles. The van der Waals surface area contributed by atoms with Crippen LogP contribution in [0.25, 0.3) is 0 Å². The van der Waals surface area contributed by atoms with Crippen LogP contribution in [0.15, 0.2) is 12.7 Å². The van der Waals surface area contributed by atoms with Crippen molar-refractivity contribution in [3.8, 4) is 6.07 Å². The molecule has 8 heteroatoms. The van der Waals surface area contributed by atoms with Crippen molar-refractivity contribution in [1.29, 1.82) is 5.26 Å². The van der Waals surface area contributed by atoms with E-state index >= 15 is 0 Å². The predicted molar refractivity (Wildman–Crippen MR) is 93.6 cm³/mol. The summed E-state index contributed by atoms with van der Waals surface area (Å²) in [6.45, 7) is 7.51. The second kappa shape index (κ2) is 6.95. The minimum Gasteiger partial charge on any atom is -0.323 e. The van der Waals surface area contributed by atoms with Gasteiger partial charge in [-0.3, -0.25) is 9.48 Å². The smallest absolute Gasteiger partial charge is 0.237 e. The molecule has 2 unspecified atom stereocenters. The van der Waals surface area contributed by atoms with E-state index in [1.165, 1.54) is 11.2 Å². The number of nitrogens with zero attached hydrogens (tertiary/aromatic N) is 5. The Bertz CT molecular complexity index is 684. The van der Waals surface area contributed by atoms with Crippen molar-refractivity contribution in [3.05, 3.63) is 12.7 Å². The van der Waals surface area contributed by atoms with E-state index in [1.54, 1.807) is 6.33 Å². The first kappa shape index (κ1) is 18.8. The van der Waals surface area contributed by atoms with Gasteiger partial charge in [0.25, 0.3) is 0 Å². The number of aromatic nitrogens is 3. The van der Waals surface area contributed by atoms with Crippen molar-refractivity contribution in [1.82, 2.24) is 25.0 Å². The third-order valence-electron chi connectivity index (χ3n) is 6.66. The molecule has 7 nitrogen and oxygen atoms in total. The maximum atomic E-state index is 13.6. The summed E-state index contributed by atoms with van der Waals surface area (Å²) in [6.07, 6.45) is 4.25. The van der Waals surface area contributed by atoms with Gasteiger partial charge in [0, 0.05) is 18.5 Å². The third kappa shape index (κ3) is 3.32.